The van der Waals surface area contributed by atoms with Gasteiger partial charge >= 0.3 is 0 Å². The van der Waals surface area contributed by atoms with Crippen LogP contribution in [0.2, 0.25) is 0 Å². The third-order valence-electron chi connectivity index (χ3n) is 4.64. The van der Waals surface area contributed by atoms with Crippen LogP contribution < -0.4 is 10.2 Å². The van der Waals surface area contributed by atoms with Crippen molar-refractivity contribution in [2.24, 2.45) is 5.92 Å². The third kappa shape index (κ3) is 5.17. The summed E-state index contributed by atoms with van der Waals surface area (Å²) in [6.07, 6.45) is 0.459. The highest BCUT2D eigenvalue weighted by molar-refractivity contribution is 6.00. The fourth-order valence-electron chi connectivity index (χ4n) is 3.09. The zero-order valence-corrected chi connectivity index (χ0v) is 15.9. The largest absolute Gasteiger partial charge is 0.374 e. The van der Waals surface area contributed by atoms with Gasteiger partial charge in [-0.3, -0.25) is 9.59 Å². The molecule has 1 heterocycles. The zero-order valence-electron chi connectivity index (χ0n) is 15.9. The van der Waals surface area contributed by atoms with Crippen LogP contribution in [-0.4, -0.2) is 24.5 Å². The van der Waals surface area contributed by atoms with Crippen molar-refractivity contribution in [2.75, 3.05) is 11.4 Å². The molecule has 5 heteroatoms. The first kappa shape index (κ1) is 19.1. The SMILES string of the molecule is CC(C)OCc1ccc(CNC(=O)[C@@H]2CC(=O)N(c3ccccc3)C2)cc1. The van der Waals surface area contributed by atoms with Gasteiger partial charge < -0.3 is 15.0 Å². The van der Waals surface area contributed by atoms with E-state index in [-0.39, 0.29) is 30.3 Å². The van der Waals surface area contributed by atoms with Crippen molar-refractivity contribution < 1.29 is 14.3 Å². The number of carbonyl (C=O) groups excluding carboxylic acids is 2. The highest BCUT2D eigenvalue weighted by Gasteiger charge is 2.34. The van der Waals surface area contributed by atoms with Crippen LogP contribution in [0.1, 0.15) is 31.4 Å². The van der Waals surface area contributed by atoms with E-state index >= 15 is 0 Å². The molecule has 0 saturated carbocycles. The molecule has 0 spiro atoms. The van der Waals surface area contributed by atoms with Crippen LogP contribution in [0.5, 0.6) is 0 Å². The monoisotopic (exact) mass is 366 g/mol. The molecule has 2 aromatic carbocycles. The molecule has 142 valence electrons. The standard InChI is InChI=1S/C22H26N2O3/c1-16(2)27-15-18-10-8-17(9-11-18)13-23-22(26)19-12-21(25)24(14-19)20-6-4-3-5-7-20/h3-11,16,19H,12-15H2,1-2H3,(H,23,26)/t19-/m1/s1. The number of amides is 2. The summed E-state index contributed by atoms with van der Waals surface area (Å²) in [6, 6.07) is 17.5. The Bertz CT molecular complexity index is 772. The van der Waals surface area contributed by atoms with Crippen molar-refractivity contribution in [1.82, 2.24) is 5.32 Å². The maximum absolute atomic E-state index is 12.5. The van der Waals surface area contributed by atoms with Crippen molar-refractivity contribution in [3.8, 4) is 0 Å². The molecule has 1 N–H and O–H groups in total. The molecule has 3 rings (SSSR count). The number of para-hydroxylation sites is 1. The molecule has 27 heavy (non-hydrogen) atoms. The Labute approximate surface area is 160 Å². The Kier molecular flexibility index (Phi) is 6.24. The van der Waals surface area contributed by atoms with Gasteiger partial charge in [0.05, 0.1) is 18.6 Å². The maximum atomic E-state index is 12.5. The van der Waals surface area contributed by atoms with Crippen LogP contribution in [0.4, 0.5) is 5.69 Å². The van der Waals surface area contributed by atoms with Gasteiger partial charge in [-0.05, 0) is 37.1 Å². The van der Waals surface area contributed by atoms with Crippen molar-refractivity contribution >= 4 is 17.5 Å². The molecule has 1 fully saturated rings. The molecule has 1 atom stereocenters. The molecule has 2 amide bonds. The van der Waals surface area contributed by atoms with Crippen molar-refractivity contribution in [3.05, 3.63) is 65.7 Å². The molecule has 0 unspecified atom stereocenters. The molecule has 0 bridgehead atoms. The summed E-state index contributed by atoms with van der Waals surface area (Å²) in [5, 5.41) is 2.95. The number of carbonyl (C=O) groups is 2. The van der Waals surface area contributed by atoms with Crippen LogP contribution in [0.3, 0.4) is 0 Å². The number of hydrogen-bond donors (Lipinski definition) is 1. The number of anilines is 1. The number of benzene rings is 2. The van der Waals surface area contributed by atoms with Crippen molar-refractivity contribution in [3.63, 3.8) is 0 Å². The summed E-state index contributed by atoms with van der Waals surface area (Å²) in [5.41, 5.74) is 2.98. The van der Waals surface area contributed by atoms with Crippen LogP contribution >= 0.6 is 0 Å². The minimum Gasteiger partial charge on any atom is -0.374 e. The number of ether oxygens (including phenoxy) is 1. The smallest absolute Gasteiger partial charge is 0.227 e. The third-order valence-corrected chi connectivity index (χ3v) is 4.64. The molecule has 1 aliphatic rings. The molecule has 2 aromatic rings. The average molecular weight is 366 g/mol. The fourth-order valence-corrected chi connectivity index (χ4v) is 3.09. The predicted molar refractivity (Wildman–Crippen MR) is 105 cm³/mol. The highest BCUT2D eigenvalue weighted by atomic mass is 16.5. The first-order valence-electron chi connectivity index (χ1n) is 9.35. The lowest BCUT2D eigenvalue weighted by Crippen LogP contribution is -2.32. The van der Waals surface area contributed by atoms with Gasteiger partial charge in [-0.2, -0.15) is 0 Å². The summed E-state index contributed by atoms with van der Waals surface area (Å²) in [7, 11) is 0. The second-order valence-corrected chi connectivity index (χ2v) is 7.14. The van der Waals surface area contributed by atoms with Crippen LogP contribution in [0, 0.1) is 5.92 Å². The minimum atomic E-state index is -0.309. The lowest BCUT2D eigenvalue weighted by atomic mass is 10.1. The quantitative estimate of drug-likeness (QED) is 0.818. The summed E-state index contributed by atoms with van der Waals surface area (Å²) in [4.78, 5) is 26.4. The fraction of sp³-hybridized carbons (Fsp3) is 0.364. The van der Waals surface area contributed by atoms with E-state index in [9.17, 15) is 9.59 Å². The van der Waals surface area contributed by atoms with Crippen LogP contribution in [0.15, 0.2) is 54.6 Å². The molecular weight excluding hydrogens is 340 g/mol. The number of rotatable bonds is 7. The molecule has 0 radical (unpaired) electrons. The van der Waals surface area contributed by atoms with E-state index in [0.29, 0.717) is 19.7 Å². The van der Waals surface area contributed by atoms with E-state index in [4.69, 9.17) is 4.74 Å². The summed E-state index contributed by atoms with van der Waals surface area (Å²) in [6.45, 7) is 5.50. The number of hydrogen-bond acceptors (Lipinski definition) is 3. The maximum Gasteiger partial charge on any atom is 0.227 e. The molecule has 0 aromatic heterocycles. The van der Waals surface area contributed by atoms with Gasteiger partial charge in [-0.25, -0.2) is 0 Å². The average Bonchev–Trinajstić information content (AvgIpc) is 3.08. The number of nitrogens with one attached hydrogen (secondary N) is 1. The highest BCUT2D eigenvalue weighted by Crippen LogP contribution is 2.24. The van der Waals surface area contributed by atoms with Gasteiger partial charge in [0.25, 0.3) is 0 Å². The van der Waals surface area contributed by atoms with Gasteiger partial charge in [-0.15, -0.1) is 0 Å². The van der Waals surface area contributed by atoms with E-state index in [1.807, 2.05) is 68.4 Å². The van der Waals surface area contributed by atoms with E-state index < -0.39 is 0 Å². The van der Waals surface area contributed by atoms with Crippen LogP contribution in [-0.2, 0) is 27.5 Å². The molecule has 5 nitrogen and oxygen atoms in total. The van der Waals surface area contributed by atoms with E-state index in [1.54, 1.807) is 4.90 Å². The lowest BCUT2D eigenvalue weighted by molar-refractivity contribution is -0.126. The molecule has 1 aliphatic heterocycles. The Hall–Kier alpha value is -2.66. The normalized spacial score (nSPS) is 16.8. The van der Waals surface area contributed by atoms with E-state index in [0.717, 1.165) is 16.8 Å². The second-order valence-electron chi connectivity index (χ2n) is 7.14. The van der Waals surface area contributed by atoms with E-state index in [1.165, 1.54) is 0 Å². The molecule has 0 aliphatic carbocycles. The molecular formula is C22H26N2O3. The Morgan fingerprint density at radius 2 is 1.78 bits per heavy atom. The van der Waals surface area contributed by atoms with Gasteiger partial charge in [-0.1, -0.05) is 42.5 Å². The van der Waals surface area contributed by atoms with Gasteiger partial charge in [0.2, 0.25) is 11.8 Å². The Morgan fingerprint density at radius 1 is 1.11 bits per heavy atom. The topological polar surface area (TPSA) is 58.6 Å². The summed E-state index contributed by atoms with van der Waals surface area (Å²) >= 11 is 0. The van der Waals surface area contributed by atoms with Gasteiger partial charge in [0.1, 0.15) is 0 Å². The Morgan fingerprint density at radius 3 is 2.44 bits per heavy atom. The predicted octanol–water partition coefficient (Wildman–Crippen LogP) is 3.28. The number of nitrogens with zero attached hydrogens (tertiary/aromatic N) is 1. The lowest BCUT2D eigenvalue weighted by Gasteiger charge is -2.16. The van der Waals surface area contributed by atoms with Crippen molar-refractivity contribution in [2.45, 2.75) is 39.5 Å². The van der Waals surface area contributed by atoms with Crippen molar-refractivity contribution in [1.29, 1.82) is 0 Å². The van der Waals surface area contributed by atoms with E-state index in [2.05, 4.69) is 5.32 Å². The second kappa shape index (κ2) is 8.82. The van der Waals surface area contributed by atoms with Gasteiger partial charge in [0, 0.05) is 25.2 Å². The van der Waals surface area contributed by atoms with Gasteiger partial charge in [0.15, 0.2) is 0 Å². The first-order valence-corrected chi connectivity index (χ1v) is 9.35. The summed E-state index contributed by atoms with van der Waals surface area (Å²) in [5.74, 6) is -0.388. The first-order chi connectivity index (χ1) is 13.0. The van der Waals surface area contributed by atoms with Crippen LogP contribution in [0.25, 0.3) is 0 Å². The minimum absolute atomic E-state index is 0.00384. The Balaban J connectivity index is 1.50. The molecule has 1 saturated heterocycles. The zero-order chi connectivity index (χ0) is 19.2. The summed E-state index contributed by atoms with van der Waals surface area (Å²) < 4.78 is 5.58.